The maximum Gasteiger partial charge on any atom is 1.00 e. The van der Waals surface area contributed by atoms with E-state index in [2.05, 4.69) is 89.4 Å². The first-order valence-electron chi connectivity index (χ1n) is 22.6. The van der Waals surface area contributed by atoms with Gasteiger partial charge in [-0.25, -0.2) is 14.5 Å². The predicted molar refractivity (Wildman–Crippen MR) is 272 cm³/mol. The molecule has 23 heteroatoms. The number of carboxylic acids is 1. The van der Waals surface area contributed by atoms with Crippen LogP contribution in [-0.2, 0) is 38.1 Å². The Labute approximate surface area is 456 Å². The van der Waals surface area contributed by atoms with Crippen LogP contribution in [0.1, 0.15) is 80.5 Å². The van der Waals surface area contributed by atoms with Crippen molar-refractivity contribution in [2.24, 2.45) is 20.5 Å². The third-order valence-electron chi connectivity index (χ3n) is 10.3. The molecular weight excluding hydrogens is 988 g/mol. The molecular formula is C50H57N10NaO10S2. The number of rotatable bonds is 22. The summed E-state index contributed by atoms with van der Waals surface area (Å²) in [6.07, 6.45) is -0.0505. The normalized spacial score (nSPS) is 11.7. The number of thiophene rings is 2. The number of nitrogens with zero attached hydrogens (tertiary/aromatic N) is 10. The van der Waals surface area contributed by atoms with Gasteiger partial charge in [-0.2, -0.15) is 25.7 Å². The molecule has 5 rings (SSSR count). The third kappa shape index (κ3) is 20.2. The number of esters is 3. The van der Waals surface area contributed by atoms with Crippen molar-refractivity contribution < 1.29 is 77.9 Å². The Morgan fingerprint density at radius 2 is 1.25 bits per heavy atom. The summed E-state index contributed by atoms with van der Waals surface area (Å²) < 4.78 is 20.0. The Kier molecular flexibility index (Phi) is 28.0. The van der Waals surface area contributed by atoms with Crippen LogP contribution in [0.5, 0.6) is 0 Å². The van der Waals surface area contributed by atoms with Gasteiger partial charge in [-0.05, 0) is 114 Å². The maximum absolute atomic E-state index is 11.4. The Morgan fingerprint density at radius 3 is 1.66 bits per heavy atom. The summed E-state index contributed by atoms with van der Waals surface area (Å²) in [5, 5.41) is 46.9. The van der Waals surface area contributed by atoms with Crippen molar-refractivity contribution in [3.05, 3.63) is 97.8 Å². The molecule has 4 aromatic rings. The number of aliphatic hydroxyl groups is 1. The third-order valence-corrected chi connectivity index (χ3v) is 12.5. The molecule has 1 fully saturated rings. The summed E-state index contributed by atoms with van der Waals surface area (Å²) in [6, 6.07) is 14.3. The van der Waals surface area contributed by atoms with Crippen LogP contribution >= 0.6 is 22.7 Å². The minimum atomic E-state index is -1.29. The van der Waals surface area contributed by atoms with Gasteiger partial charge in [0.2, 0.25) is 16.4 Å². The Morgan fingerprint density at radius 1 is 0.753 bits per heavy atom. The number of hydrogen-bond donors (Lipinski definition) is 1. The Hall–Kier alpha value is -6.44. The van der Waals surface area contributed by atoms with E-state index in [0.717, 1.165) is 46.1 Å². The van der Waals surface area contributed by atoms with Crippen LogP contribution in [0.15, 0.2) is 56.9 Å². The zero-order valence-corrected chi connectivity index (χ0v) is 46.1. The summed E-state index contributed by atoms with van der Waals surface area (Å²) in [7, 11) is 0. The van der Waals surface area contributed by atoms with Crippen LogP contribution in [-0.4, -0.2) is 93.8 Å². The Bertz CT molecular complexity index is 2750. The molecule has 0 saturated carbocycles. The number of azo groups is 2. The molecule has 3 heterocycles. The second-order valence-electron chi connectivity index (χ2n) is 16.1. The van der Waals surface area contributed by atoms with Crippen LogP contribution in [0, 0.1) is 58.7 Å². The summed E-state index contributed by atoms with van der Waals surface area (Å²) in [5.41, 5.74) is 7.35. The summed E-state index contributed by atoms with van der Waals surface area (Å²) in [5.74, 6) is -2.68. The summed E-state index contributed by atoms with van der Waals surface area (Å²) in [6.45, 7) is 40.6. The van der Waals surface area contributed by atoms with Gasteiger partial charge < -0.3 is 43.8 Å². The van der Waals surface area contributed by atoms with Crippen LogP contribution in [0.3, 0.4) is 0 Å². The van der Waals surface area contributed by atoms with E-state index in [9.17, 15) is 29.5 Å². The molecule has 0 radical (unpaired) electrons. The molecule has 73 heavy (non-hydrogen) atoms. The van der Waals surface area contributed by atoms with E-state index < -0.39 is 23.9 Å². The number of aliphatic carboxylic acids is 1. The zero-order chi connectivity index (χ0) is 53.3. The molecule has 0 aliphatic carbocycles. The number of carbonyl (C=O) groups excluding carboxylic acids is 4. The molecule has 0 amide bonds. The number of anilines is 2. The first kappa shape index (κ1) is 62.7. The van der Waals surface area contributed by atoms with E-state index in [0.29, 0.717) is 80.5 Å². The van der Waals surface area contributed by atoms with Crippen molar-refractivity contribution in [1.29, 1.82) is 5.26 Å². The average Bonchev–Trinajstić information content (AvgIpc) is 4.00. The van der Waals surface area contributed by atoms with Gasteiger partial charge in [0.15, 0.2) is 0 Å². The number of aryl methyl sites for hydroxylation is 2. The number of nitriles is 1. The number of carboxylic acid groups (broad SMARTS) is 1. The smallest absolute Gasteiger partial charge is 0.550 e. The summed E-state index contributed by atoms with van der Waals surface area (Å²) >= 11 is 2.35. The molecule has 0 bridgehead atoms. The van der Waals surface area contributed by atoms with Gasteiger partial charge in [0.05, 0.1) is 88.3 Å². The summed E-state index contributed by atoms with van der Waals surface area (Å²) in [4.78, 5) is 57.1. The van der Waals surface area contributed by atoms with Crippen molar-refractivity contribution in [3.8, 4) is 6.07 Å². The van der Waals surface area contributed by atoms with E-state index in [-0.39, 0.29) is 81.1 Å². The Balaban J connectivity index is 0.000000441. The molecule has 20 nitrogen and oxygen atoms in total. The molecule has 1 N–H and O–H groups in total. The first-order valence-corrected chi connectivity index (χ1v) is 24.2. The molecule has 1 saturated heterocycles. The fourth-order valence-corrected chi connectivity index (χ4v) is 8.25. The minimum Gasteiger partial charge on any atom is -0.550 e. The standard InChI is InChI=1S/C25H29N5O5S.C21H25N5O2S.C4H4O3.Na/c1-16(2)30(10-11-34-12-13-35-23(33)9-8-22(31)32)19-6-7-20(17(3)14-19)28-29-25-24(27-5)18(4)21(15-26)36-25;1-14(2)26(9-11-28-12-10-27)17-7-8-18(15(3)13-17)24-25-21-19(22-5)16(4)20(23-6)29-21;5-3-1-2-4(6)7-3;/h6-7,14,16H,8-13H2,1-4H3,(H,31,32);7-8,13-14,27H,9-12H2,1-4H3;1-2H2;/q;;;+1/p-1. The van der Waals surface area contributed by atoms with Crippen molar-refractivity contribution in [2.45, 2.75) is 93.2 Å². The van der Waals surface area contributed by atoms with Crippen LogP contribution in [0.4, 0.5) is 49.1 Å². The van der Waals surface area contributed by atoms with E-state index in [1.807, 2.05) is 44.2 Å². The average molecular weight is 1050 g/mol. The van der Waals surface area contributed by atoms with Crippen molar-refractivity contribution >= 4 is 95.7 Å². The van der Waals surface area contributed by atoms with Crippen LogP contribution in [0.2, 0.25) is 0 Å². The maximum atomic E-state index is 11.4. The number of cyclic esters (lactones) is 2. The van der Waals surface area contributed by atoms with Crippen LogP contribution < -0.4 is 44.5 Å². The number of carbonyl (C=O) groups is 4. The molecule has 0 atom stereocenters. The quantitative estimate of drug-likeness (QED) is 0.0201. The zero-order valence-electron chi connectivity index (χ0n) is 42.5. The second-order valence-corrected chi connectivity index (χ2v) is 18.1. The monoisotopic (exact) mass is 1040 g/mol. The largest absolute Gasteiger partial charge is 1.00 e. The SMILES string of the molecule is O=C1CCC(=O)O1.[C-]#[N+]c1c(N=Nc2ccc(N(CCOCCOC(=O)CCC(=O)[O-])C(C)C)cc2C)sc(C#N)c1C.[C-]#[N+]c1sc(N=Nc2ccc(N(CCOCCO)C(C)C)cc2C)c([N+]#[C-])c1C.[Na+]. The molecule has 1 aliphatic heterocycles. The van der Waals surface area contributed by atoms with Gasteiger partial charge in [0, 0.05) is 42.5 Å². The molecule has 0 unspecified atom stereocenters. The van der Waals surface area contributed by atoms with Crippen molar-refractivity contribution in [1.82, 2.24) is 0 Å². The van der Waals surface area contributed by atoms with Crippen LogP contribution in [0.25, 0.3) is 14.5 Å². The van der Waals surface area contributed by atoms with Gasteiger partial charge in [-0.1, -0.05) is 6.92 Å². The van der Waals surface area contributed by atoms with E-state index >= 15 is 0 Å². The topological polar surface area (TPSA) is 241 Å². The van der Waals surface area contributed by atoms with E-state index in [1.54, 1.807) is 13.8 Å². The molecule has 2 aromatic heterocycles. The van der Waals surface area contributed by atoms with Gasteiger partial charge in [-0.3, -0.25) is 14.4 Å². The first-order chi connectivity index (χ1) is 34.4. The molecule has 1 aliphatic rings. The molecule has 0 spiro atoms. The predicted octanol–water partition coefficient (Wildman–Crippen LogP) is 7.47. The number of aliphatic hydroxyl groups excluding tert-OH is 1. The van der Waals surface area contributed by atoms with Crippen molar-refractivity contribution in [2.75, 3.05) is 62.5 Å². The van der Waals surface area contributed by atoms with Gasteiger partial charge in [-0.15, -0.1) is 22.7 Å². The second kappa shape index (κ2) is 32.6. The van der Waals surface area contributed by atoms with E-state index in [4.69, 9.17) is 39.0 Å². The van der Waals surface area contributed by atoms with Gasteiger partial charge in [0.1, 0.15) is 22.7 Å². The van der Waals surface area contributed by atoms with Gasteiger partial charge >= 0.3 is 47.5 Å². The minimum absolute atomic E-state index is 0. The van der Waals surface area contributed by atoms with Crippen molar-refractivity contribution in [3.63, 3.8) is 0 Å². The number of ether oxygens (including phenoxy) is 4. The number of benzene rings is 2. The molecule has 2 aromatic carbocycles. The fourth-order valence-electron chi connectivity index (χ4n) is 6.53. The van der Waals surface area contributed by atoms with Gasteiger partial charge in [0.25, 0.3) is 0 Å². The molecule has 380 valence electrons. The fraction of sp³-hybridized carbons (Fsp3) is 0.440. The number of hydrogen-bond acceptors (Lipinski definition) is 19. The van der Waals surface area contributed by atoms with E-state index in [1.165, 1.54) is 11.3 Å².